The van der Waals surface area contributed by atoms with Crippen molar-refractivity contribution in [2.24, 2.45) is 0 Å². The van der Waals surface area contributed by atoms with Crippen molar-refractivity contribution in [1.82, 2.24) is 9.55 Å². The van der Waals surface area contributed by atoms with Gasteiger partial charge in [0, 0.05) is 28.4 Å². The molecule has 27 heavy (non-hydrogen) atoms. The lowest BCUT2D eigenvalue weighted by atomic mass is 10.0. The van der Waals surface area contributed by atoms with Gasteiger partial charge in [-0.15, -0.1) is 0 Å². The molecule has 1 aromatic heterocycles. The van der Waals surface area contributed by atoms with Gasteiger partial charge in [-0.1, -0.05) is 23.7 Å². The van der Waals surface area contributed by atoms with Crippen molar-refractivity contribution < 1.29 is 9.66 Å². The van der Waals surface area contributed by atoms with Gasteiger partial charge in [-0.05, 0) is 42.0 Å². The first-order chi connectivity index (χ1) is 13.1. The number of rotatable bonds is 4. The number of hydrogen-bond donors (Lipinski definition) is 0. The zero-order chi connectivity index (χ0) is 19.0. The Hall–Kier alpha value is -3.38. The fourth-order valence-electron chi connectivity index (χ4n) is 3.04. The summed E-state index contributed by atoms with van der Waals surface area (Å²) >= 11 is 6.13. The molecule has 4 aromatic rings. The Morgan fingerprint density at radius 3 is 2.70 bits per heavy atom. The third-order valence-corrected chi connectivity index (χ3v) is 4.57. The summed E-state index contributed by atoms with van der Waals surface area (Å²) in [6, 6.07) is 17.8. The normalized spacial score (nSPS) is 10.9. The number of hydrogen-bond acceptors (Lipinski definition) is 4. The topological polar surface area (TPSA) is 70.2 Å². The second-order valence-electron chi connectivity index (χ2n) is 5.94. The van der Waals surface area contributed by atoms with Gasteiger partial charge in [0.2, 0.25) is 0 Å². The molecule has 0 bridgehead atoms. The number of nitrogens with zero attached hydrogens (tertiary/aromatic N) is 3. The van der Waals surface area contributed by atoms with Crippen molar-refractivity contribution in [1.29, 1.82) is 0 Å². The molecule has 0 saturated heterocycles. The van der Waals surface area contributed by atoms with Gasteiger partial charge < -0.3 is 4.74 Å². The number of nitro groups is 1. The maximum atomic E-state index is 11.1. The number of aromatic nitrogens is 2. The van der Waals surface area contributed by atoms with E-state index in [1.54, 1.807) is 19.5 Å². The second-order valence-corrected chi connectivity index (χ2v) is 6.38. The standard InChI is InChI=1S/C20H14ClN3O3/c1-27-20-8-6-15(10-17(20)13-3-2-4-14(21)9-13)23-12-22-18-7-5-16(24(25)26)11-19(18)23/h2-12H,1H3. The van der Waals surface area contributed by atoms with E-state index in [2.05, 4.69) is 4.98 Å². The minimum atomic E-state index is -0.414. The Kier molecular flexibility index (Phi) is 4.25. The number of benzene rings is 3. The van der Waals surface area contributed by atoms with Crippen molar-refractivity contribution in [3.63, 3.8) is 0 Å². The molecule has 0 atom stereocenters. The summed E-state index contributed by atoms with van der Waals surface area (Å²) in [5, 5.41) is 11.7. The van der Waals surface area contributed by atoms with Gasteiger partial charge in [-0.25, -0.2) is 4.98 Å². The van der Waals surface area contributed by atoms with Gasteiger partial charge in [-0.3, -0.25) is 14.7 Å². The Labute approximate surface area is 159 Å². The molecule has 0 N–H and O–H groups in total. The third-order valence-electron chi connectivity index (χ3n) is 4.34. The van der Waals surface area contributed by atoms with Crippen molar-refractivity contribution >= 4 is 28.3 Å². The molecule has 0 aliphatic rings. The van der Waals surface area contributed by atoms with Gasteiger partial charge in [0.25, 0.3) is 5.69 Å². The van der Waals surface area contributed by atoms with Crippen LogP contribution in [0.25, 0.3) is 27.8 Å². The predicted molar refractivity (Wildman–Crippen MR) is 105 cm³/mol. The average Bonchev–Trinajstić information content (AvgIpc) is 3.10. The molecule has 134 valence electrons. The van der Waals surface area contributed by atoms with E-state index in [0.29, 0.717) is 21.8 Å². The van der Waals surface area contributed by atoms with Crippen LogP contribution in [-0.4, -0.2) is 21.6 Å². The molecule has 4 rings (SSSR count). The first kappa shape index (κ1) is 17.1. The summed E-state index contributed by atoms with van der Waals surface area (Å²) in [7, 11) is 1.61. The molecule has 0 amide bonds. The van der Waals surface area contributed by atoms with Crippen molar-refractivity contribution in [2.75, 3.05) is 7.11 Å². The lowest BCUT2D eigenvalue weighted by Crippen LogP contribution is -1.96. The van der Waals surface area contributed by atoms with Gasteiger partial charge in [-0.2, -0.15) is 0 Å². The van der Waals surface area contributed by atoms with Crippen LogP contribution in [0.5, 0.6) is 5.75 Å². The minimum absolute atomic E-state index is 0.0211. The first-order valence-electron chi connectivity index (χ1n) is 8.12. The molecule has 0 aliphatic heterocycles. The monoisotopic (exact) mass is 379 g/mol. The molecule has 1 heterocycles. The predicted octanol–water partition coefficient (Wildman–Crippen LogP) is 5.26. The fraction of sp³-hybridized carbons (Fsp3) is 0.0500. The lowest BCUT2D eigenvalue weighted by Gasteiger charge is -2.12. The highest BCUT2D eigenvalue weighted by atomic mass is 35.5. The van der Waals surface area contributed by atoms with E-state index in [9.17, 15) is 10.1 Å². The third kappa shape index (κ3) is 3.11. The van der Waals surface area contributed by atoms with Crippen LogP contribution in [0.15, 0.2) is 67.0 Å². The van der Waals surface area contributed by atoms with Crippen LogP contribution in [0.3, 0.4) is 0 Å². The Balaban J connectivity index is 1.90. The highest BCUT2D eigenvalue weighted by Crippen LogP contribution is 2.34. The van der Waals surface area contributed by atoms with Crippen molar-refractivity contribution in [3.05, 3.63) is 82.1 Å². The number of halogens is 1. The summed E-state index contributed by atoms with van der Waals surface area (Å²) in [6.45, 7) is 0. The highest BCUT2D eigenvalue weighted by Gasteiger charge is 2.13. The van der Waals surface area contributed by atoms with Crippen LogP contribution < -0.4 is 4.74 Å². The van der Waals surface area contributed by atoms with Gasteiger partial charge in [0.1, 0.15) is 12.1 Å². The summed E-state index contributed by atoms with van der Waals surface area (Å²) in [4.78, 5) is 15.0. The maximum absolute atomic E-state index is 11.1. The van der Waals surface area contributed by atoms with Gasteiger partial charge >= 0.3 is 0 Å². The van der Waals surface area contributed by atoms with Crippen LogP contribution in [0.2, 0.25) is 5.02 Å². The van der Waals surface area contributed by atoms with Crippen LogP contribution >= 0.6 is 11.6 Å². The molecule has 0 saturated carbocycles. The average molecular weight is 380 g/mol. The summed E-state index contributed by atoms with van der Waals surface area (Å²) in [5.41, 5.74) is 3.95. The largest absolute Gasteiger partial charge is 0.496 e. The number of nitro benzene ring substituents is 1. The zero-order valence-corrected chi connectivity index (χ0v) is 15.1. The molecule has 0 spiro atoms. The van der Waals surface area contributed by atoms with E-state index in [-0.39, 0.29) is 5.69 Å². The van der Waals surface area contributed by atoms with E-state index >= 15 is 0 Å². The smallest absolute Gasteiger partial charge is 0.271 e. The SMILES string of the molecule is COc1ccc(-n2cnc3ccc([N+](=O)[O-])cc32)cc1-c1cccc(Cl)c1. The Morgan fingerprint density at radius 1 is 1.11 bits per heavy atom. The number of imidazole rings is 1. The van der Waals surface area contributed by atoms with E-state index in [1.807, 2.05) is 47.0 Å². The number of methoxy groups -OCH3 is 1. The van der Waals surface area contributed by atoms with Crippen molar-refractivity contribution in [2.45, 2.75) is 0 Å². The van der Waals surface area contributed by atoms with Crippen LogP contribution in [0.1, 0.15) is 0 Å². The minimum Gasteiger partial charge on any atom is -0.496 e. The summed E-state index contributed by atoms with van der Waals surface area (Å²) in [5.74, 6) is 0.705. The van der Waals surface area contributed by atoms with Gasteiger partial charge in [0.05, 0.1) is 23.1 Å². The molecule has 0 radical (unpaired) electrons. The summed E-state index contributed by atoms with van der Waals surface area (Å²) in [6.07, 6.45) is 1.65. The highest BCUT2D eigenvalue weighted by molar-refractivity contribution is 6.30. The first-order valence-corrected chi connectivity index (χ1v) is 8.50. The molecule has 7 heteroatoms. The second kappa shape index (κ2) is 6.74. The molecular formula is C20H14ClN3O3. The number of ether oxygens (including phenoxy) is 1. The van der Waals surface area contributed by atoms with E-state index in [0.717, 1.165) is 16.8 Å². The Morgan fingerprint density at radius 2 is 1.96 bits per heavy atom. The molecule has 0 aliphatic carbocycles. The van der Waals surface area contributed by atoms with Crippen LogP contribution in [0.4, 0.5) is 5.69 Å². The molecular weight excluding hydrogens is 366 g/mol. The number of non-ortho nitro benzene ring substituents is 1. The van der Waals surface area contributed by atoms with E-state index in [1.165, 1.54) is 12.1 Å². The summed E-state index contributed by atoms with van der Waals surface area (Å²) < 4.78 is 7.31. The van der Waals surface area contributed by atoms with E-state index in [4.69, 9.17) is 16.3 Å². The fourth-order valence-corrected chi connectivity index (χ4v) is 3.23. The molecule has 0 fully saturated rings. The molecule has 0 unspecified atom stereocenters. The quantitative estimate of drug-likeness (QED) is 0.358. The van der Waals surface area contributed by atoms with Crippen molar-refractivity contribution in [3.8, 4) is 22.6 Å². The van der Waals surface area contributed by atoms with Crippen LogP contribution in [-0.2, 0) is 0 Å². The Bertz CT molecular complexity index is 1170. The maximum Gasteiger partial charge on any atom is 0.271 e. The van der Waals surface area contributed by atoms with E-state index < -0.39 is 4.92 Å². The zero-order valence-electron chi connectivity index (χ0n) is 14.3. The molecule has 6 nitrogen and oxygen atoms in total. The molecule has 3 aromatic carbocycles. The van der Waals surface area contributed by atoms with Crippen LogP contribution in [0, 0.1) is 10.1 Å². The lowest BCUT2D eigenvalue weighted by molar-refractivity contribution is -0.384. The number of fused-ring (bicyclic) bond motifs is 1. The van der Waals surface area contributed by atoms with Gasteiger partial charge in [0.15, 0.2) is 0 Å².